The van der Waals surface area contributed by atoms with Crippen LogP contribution in [0.15, 0.2) is 134 Å². The topological polar surface area (TPSA) is 25.8 Å². The molecule has 2 aromatic heterocycles. The largest absolute Gasteiger partial charge is 0.264 e. The van der Waals surface area contributed by atoms with Gasteiger partial charge in [-0.15, -0.1) is 0 Å². The molecule has 0 spiro atoms. The maximum atomic E-state index is 4.63. The highest BCUT2D eigenvalue weighted by Crippen LogP contribution is 2.38. The Morgan fingerprint density at radius 1 is 0.361 bits per heavy atom. The Morgan fingerprint density at radius 2 is 0.972 bits per heavy atom. The molecule has 0 bridgehead atoms. The van der Waals surface area contributed by atoms with Crippen molar-refractivity contribution in [2.75, 3.05) is 0 Å². The second kappa shape index (κ2) is 8.44. The van der Waals surface area contributed by atoms with Crippen LogP contribution >= 0.6 is 0 Å². The van der Waals surface area contributed by atoms with Gasteiger partial charge in [0.2, 0.25) is 0 Å². The summed E-state index contributed by atoms with van der Waals surface area (Å²) in [5.74, 6) is 0. The normalized spacial score (nSPS) is 11.3. The van der Waals surface area contributed by atoms with Crippen molar-refractivity contribution in [3.63, 3.8) is 0 Å². The van der Waals surface area contributed by atoms with Crippen molar-refractivity contribution < 1.29 is 0 Å². The van der Waals surface area contributed by atoms with Crippen LogP contribution in [0.5, 0.6) is 0 Å². The van der Waals surface area contributed by atoms with E-state index in [-0.39, 0.29) is 0 Å². The highest BCUT2D eigenvalue weighted by molar-refractivity contribution is 6.25. The molecule has 7 rings (SSSR count). The first kappa shape index (κ1) is 20.5. The Labute approximate surface area is 209 Å². The van der Waals surface area contributed by atoms with Crippen LogP contribution in [0.3, 0.4) is 0 Å². The molecule has 0 aliphatic heterocycles. The molecule has 0 fully saturated rings. The molecule has 2 heterocycles. The predicted octanol–water partition coefficient (Wildman–Crippen LogP) is 8.94. The van der Waals surface area contributed by atoms with E-state index in [1.807, 2.05) is 36.8 Å². The summed E-state index contributed by atoms with van der Waals surface area (Å²) in [6, 6.07) is 41.1. The molecule has 7 aromatic rings. The molecule has 0 aliphatic rings. The third-order valence-electron chi connectivity index (χ3n) is 6.97. The lowest BCUT2D eigenvalue weighted by molar-refractivity contribution is 1.32. The number of nitrogens with zero attached hydrogens (tertiary/aromatic N) is 2. The molecule has 0 N–H and O–H groups in total. The monoisotopic (exact) mass is 458 g/mol. The summed E-state index contributed by atoms with van der Waals surface area (Å²) in [5, 5.41) is 7.70. The van der Waals surface area contributed by atoms with Gasteiger partial charge in [-0.25, -0.2) is 0 Å². The van der Waals surface area contributed by atoms with E-state index < -0.39 is 0 Å². The summed E-state index contributed by atoms with van der Waals surface area (Å²) in [4.78, 5) is 8.98. The van der Waals surface area contributed by atoms with E-state index in [1.165, 1.54) is 37.9 Å². The molecule has 0 atom stereocenters. The SMILES string of the molecule is c1ccc(-c2cc(-c3cccnc3)cc(-c3ccc4c5ccccc5c5ccccc5c4c3)c2)nc1. The van der Waals surface area contributed by atoms with Crippen molar-refractivity contribution >= 4 is 32.3 Å². The maximum Gasteiger partial charge on any atom is 0.0702 e. The highest BCUT2D eigenvalue weighted by Gasteiger charge is 2.12. The summed E-state index contributed by atoms with van der Waals surface area (Å²) in [7, 11) is 0. The van der Waals surface area contributed by atoms with Crippen LogP contribution < -0.4 is 0 Å². The van der Waals surface area contributed by atoms with Gasteiger partial charge in [0.05, 0.1) is 5.69 Å². The van der Waals surface area contributed by atoms with Crippen molar-refractivity contribution in [2.45, 2.75) is 0 Å². The summed E-state index contributed by atoms with van der Waals surface area (Å²) in [5.41, 5.74) is 6.62. The Bertz CT molecular complexity index is 1780. The van der Waals surface area contributed by atoms with Crippen molar-refractivity contribution in [1.29, 1.82) is 0 Å². The first-order chi connectivity index (χ1) is 17.8. The van der Waals surface area contributed by atoms with Gasteiger partial charge in [0.1, 0.15) is 0 Å². The number of pyridine rings is 2. The molecule has 0 amide bonds. The van der Waals surface area contributed by atoms with Crippen LogP contribution in [0, 0.1) is 0 Å². The van der Waals surface area contributed by atoms with Gasteiger partial charge in [-0.2, -0.15) is 0 Å². The molecule has 0 radical (unpaired) electrons. The average molecular weight is 459 g/mol. The van der Waals surface area contributed by atoms with E-state index in [9.17, 15) is 0 Å². The van der Waals surface area contributed by atoms with Gasteiger partial charge in [0.15, 0.2) is 0 Å². The highest BCUT2D eigenvalue weighted by atomic mass is 14.7. The lowest BCUT2D eigenvalue weighted by atomic mass is 9.90. The fraction of sp³-hybridized carbons (Fsp3) is 0. The van der Waals surface area contributed by atoms with Crippen LogP contribution in [0.2, 0.25) is 0 Å². The maximum absolute atomic E-state index is 4.63. The fourth-order valence-corrected chi connectivity index (χ4v) is 5.26. The molecule has 36 heavy (non-hydrogen) atoms. The van der Waals surface area contributed by atoms with Crippen molar-refractivity contribution in [1.82, 2.24) is 9.97 Å². The smallest absolute Gasteiger partial charge is 0.0702 e. The summed E-state index contributed by atoms with van der Waals surface area (Å²) < 4.78 is 0. The molecule has 2 heteroatoms. The lowest BCUT2D eigenvalue weighted by Crippen LogP contribution is -1.89. The van der Waals surface area contributed by atoms with E-state index in [4.69, 9.17) is 0 Å². The van der Waals surface area contributed by atoms with Crippen LogP contribution in [-0.2, 0) is 0 Å². The Kier molecular flexibility index (Phi) is 4.82. The van der Waals surface area contributed by atoms with E-state index in [0.717, 1.165) is 27.9 Å². The third-order valence-corrected chi connectivity index (χ3v) is 6.97. The van der Waals surface area contributed by atoms with Crippen molar-refractivity contribution in [3.8, 4) is 33.5 Å². The molecule has 0 unspecified atom stereocenters. The summed E-state index contributed by atoms with van der Waals surface area (Å²) >= 11 is 0. The zero-order chi connectivity index (χ0) is 23.9. The molecular formula is C34H22N2. The minimum atomic E-state index is 0.960. The number of fused-ring (bicyclic) bond motifs is 6. The molecule has 5 aromatic carbocycles. The van der Waals surface area contributed by atoms with Gasteiger partial charge in [-0.3, -0.25) is 9.97 Å². The van der Waals surface area contributed by atoms with Gasteiger partial charge >= 0.3 is 0 Å². The lowest BCUT2D eigenvalue weighted by Gasteiger charge is -2.14. The molecule has 0 aliphatic carbocycles. The quantitative estimate of drug-likeness (QED) is 0.247. The number of benzene rings is 5. The molecule has 2 nitrogen and oxygen atoms in total. The fourth-order valence-electron chi connectivity index (χ4n) is 5.26. The Hall–Kier alpha value is -4.82. The van der Waals surface area contributed by atoms with Gasteiger partial charge in [0.25, 0.3) is 0 Å². The standard InChI is InChI=1S/C34H22N2/c1-2-11-30-28(9-1)29-10-3-4-12-31(29)33-21-23(14-15-32(30)33)25-18-26(24-8-7-16-35-22-24)20-27(19-25)34-13-5-6-17-36-34/h1-22H. The second-order valence-electron chi connectivity index (χ2n) is 9.11. The summed E-state index contributed by atoms with van der Waals surface area (Å²) in [6.07, 6.45) is 5.58. The molecule has 168 valence electrons. The zero-order valence-electron chi connectivity index (χ0n) is 19.6. The minimum absolute atomic E-state index is 0.960. The first-order valence-electron chi connectivity index (χ1n) is 12.2. The van der Waals surface area contributed by atoms with Gasteiger partial charge in [0, 0.05) is 29.7 Å². The van der Waals surface area contributed by atoms with Gasteiger partial charge < -0.3 is 0 Å². The van der Waals surface area contributed by atoms with Gasteiger partial charge in [-0.05, 0) is 91.5 Å². The zero-order valence-corrected chi connectivity index (χ0v) is 19.6. The molecule has 0 saturated carbocycles. The number of hydrogen-bond donors (Lipinski definition) is 0. The van der Waals surface area contributed by atoms with Gasteiger partial charge in [-0.1, -0.05) is 72.8 Å². The van der Waals surface area contributed by atoms with Crippen LogP contribution in [0.4, 0.5) is 0 Å². The number of hydrogen-bond acceptors (Lipinski definition) is 2. The van der Waals surface area contributed by atoms with E-state index >= 15 is 0 Å². The van der Waals surface area contributed by atoms with Crippen LogP contribution in [-0.4, -0.2) is 9.97 Å². The van der Waals surface area contributed by atoms with E-state index in [0.29, 0.717) is 0 Å². The Morgan fingerprint density at radius 3 is 1.61 bits per heavy atom. The number of aromatic nitrogens is 2. The van der Waals surface area contributed by atoms with Crippen LogP contribution in [0.1, 0.15) is 0 Å². The second-order valence-corrected chi connectivity index (χ2v) is 9.11. The van der Waals surface area contributed by atoms with Crippen molar-refractivity contribution in [2.24, 2.45) is 0 Å². The Balaban J connectivity index is 1.51. The van der Waals surface area contributed by atoms with Crippen molar-refractivity contribution in [3.05, 3.63) is 134 Å². The third kappa shape index (κ3) is 3.43. The van der Waals surface area contributed by atoms with E-state index in [2.05, 4.69) is 107 Å². The van der Waals surface area contributed by atoms with E-state index in [1.54, 1.807) is 0 Å². The molecular weight excluding hydrogens is 436 g/mol. The predicted molar refractivity (Wildman–Crippen MR) is 151 cm³/mol. The molecule has 0 saturated heterocycles. The summed E-state index contributed by atoms with van der Waals surface area (Å²) in [6.45, 7) is 0. The minimum Gasteiger partial charge on any atom is -0.264 e. The van der Waals surface area contributed by atoms with Crippen LogP contribution in [0.25, 0.3) is 65.8 Å². The first-order valence-corrected chi connectivity index (χ1v) is 12.2. The number of rotatable bonds is 3. The average Bonchev–Trinajstić information content (AvgIpc) is 2.98.